The highest BCUT2D eigenvalue weighted by Crippen LogP contribution is 2.17. The Bertz CT molecular complexity index is 753. The van der Waals surface area contributed by atoms with E-state index in [1.807, 2.05) is 6.26 Å². The van der Waals surface area contributed by atoms with Crippen LogP contribution in [0.25, 0.3) is 0 Å². The molecule has 1 fully saturated rings. The minimum absolute atomic E-state index is 0.0688. The zero-order valence-corrected chi connectivity index (χ0v) is 18.3. The molecular formula is C20H26ClN3O5S. The SMILES string of the molecule is CSCCC(NC(=O)c1ccc(Cl)cc1)C(=O)OCC(=O)NC(=O)NC1CCCC1. The predicted molar refractivity (Wildman–Crippen MR) is 116 cm³/mol. The molecule has 1 saturated carbocycles. The molecule has 0 heterocycles. The zero-order valence-electron chi connectivity index (χ0n) is 16.7. The van der Waals surface area contributed by atoms with Crippen LogP contribution < -0.4 is 16.0 Å². The fourth-order valence-corrected chi connectivity index (χ4v) is 3.62. The number of hydrogen-bond acceptors (Lipinski definition) is 6. The quantitative estimate of drug-likeness (QED) is 0.493. The van der Waals surface area contributed by atoms with Gasteiger partial charge < -0.3 is 15.4 Å². The zero-order chi connectivity index (χ0) is 21.9. The lowest BCUT2D eigenvalue weighted by molar-refractivity contribution is -0.150. The molecule has 1 aromatic carbocycles. The van der Waals surface area contributed by atoms with Crippen molar-refractivity contribution in [2.45, 2.75) is 44.2 Å². The van der Waals surface area contributed by atoms with Gasteiger partial charge >= 0.3 is 12.0 Å². The second-order valence-corrected chi connectivity index (χ2v) is 8.35. The monoisotopic (exact) mass is 455 g/mol. The normalized spacial score (nSPS) is 14.6. The number of carbonyl (C=O) groups is 4. The van der Waals surface area contributed by atoms with Crippen molar-refractivity contribution in [3.63, 3.8) is 0 Å². The highest BCUT2D eigenvalue weighted by atomic mass is 35.5. The van der Waals surface area contributed by atoms with Crippen LogP contribution in [-0.4, -0.2) is 54.5 Å². The van der Waals surface area contributed by atoms with Gasteiger partial charge in [0.1, 0.15) is 6.04 Å². The smallest absolute Gasteiger partial charge is 0.329 e. The average molecular weight is 456 g/mol. The van der Waals surface area contributed by atoms with E-state index in [1.165, 1.54) is 11.8 Å². The molecule has 0 spiro atoms. The van der Waals surface area contributed by atoms with E-state index in [1.54, 1.807) is 24.3 Å². The Balaban J connectivity index is 1.82. The number of benzene rings is 1. The second kappa shape index (κ2) is 12.4. The molecule has 164 valence electrons. The maximum absolute atomic E-state index is 12.4. The Hall–Kier alpha value is -2.26. The Labute approximate surface area is 184 Å². The van der Waals surface area contributed by atoms with E-state index in [0.717, 1.165) is 25.7 Å². The lowest BCUT2D eigenvalue weighted by Crippen LogP contribution is -2.46. The van der Waals surface area contributed by atoms with Crippen LogP contribution >= 0.6 is 23.4 Å². The first kappa shape index (κ1) is 24.0. The first-order valence-corrected chi connectivity index (χ1v) is 11.5. The van der Waals surface area contributed by atoms with Gasteiger partial charge in [0.15, 0.2) is 6.61 Å². The van der Waals surface area contributed by atoms with Gasteiger partial charge in [0, 0.05) is 16.6 Å². The summed E-state index contributed by atoms with van der Waals surface area (Å²) in [5.74, 6) is -1.31. The Morgan fingerprint density at radius 1 is 1.17 bits per heavy atom. The number of carbonyl (C=O) groups excluding carboxylic acids is 4. The number of amides is 4. The number of hydrogen-bond donors (Lipinski definition) is 3. The van der Waals surface area contributed by atoms with Crippen LogP contribution in [0.5, 0.6) is 0 Å². The van der Waals surface area contributed by atoms with Gasteiger partial charge in [-0.3, -0.25) is 14.9 Å². The van der Waals surface area contributed by atoms with E-state index in [2.05, 4.69) is 16.0 Å². The summed E-state index contributed by atoms with van der Waals surface area (Å²) < 4.78 is 5.01. The van der Waals surface area contributed by atoms with Gasteiger partial charge in [-0.25, -0.2) is 9.59 Å². The first-order chi connectivity index (χ1) is 14.4. The maximum Gasteiger partial charge on any atom is 0.329 e. The third kappa shape index (κ3) is 8.23. The van der Waals surface area contributed by atoms with Crippen molar-refractivity contribution in [3.05, 3.63) is 34.9 Å². The van der Waals surface area contributed by atoms with Crippen LogP contribution in [0.1, 0.15) is 42.5 Å². The third-order valence-corrected chi connectivity index (χ3v) is 5.49. The molecule has 2 rings (SSSR count). The van der Waals surface area contributed by atoms with Crippen molar-refractivity contribution in [3.8, 4) is 0 Å². The maximum atomic E-state index is 12.4. The van der Waals surface area contributed by atoms with E-state index in [4.69, 9.17) is 16.3 Å². The number of ether oxygens (including phenoxy) is 1. The van der Waals surface area contributed by atoms with Crippen LogP contribution in [-0.2, 0) is 14.3 Å². The van der Waals surface area contributed by atoms with E-state index in [-0.39, 0.29) is 6.04 Å². The van der Waals surface area contributed by atoms with Crippen molar-refractivity contribution in [1.29, 1.82) is 0 Å². The number of rotatable bonds is 9. The van der Waals surface area contributed by atoms with Gasteiger partial charge in [0.05, 0.1) is 0 Å². The fourth-order valence-electron chi connectivity index (χ4n) is 3.02. The lowest BCUT2D eigenvalue weighted by atomic mass is 10.1. The van der Waals surface area contributed by atoms with Crippen molar-refractivity contribution < 1.29 is 23.9 Å². The number of halogens is 1. The molecule has 1 aromatic rings. The molecule has 0 radical (unpaired) electrons. The van der Waals surface area contributed by atoms with Gasteiger partial charge in [0.2, 0.25) is 0 Å². The third-order valence-electron chi connectivity index (χ3n) is 4.60. The fraction of sp³-hybridized carbons (Fsp3) is 0.500. The highest BCUT2D eigenvalue weighted by Gasteiger charge is 2.24. The van der Waals surface area contributed by atoms with Gasteiger partial charge in [-0.2, -0.15) is 11.8 Å². The first-order valence-electron chi connectivity index (χ1n) is 9.71. The standard InChI is InChI=1S/C20H26ClN3O5S/c1-30-11-10-16(23-18(26)13-6-8-14(21)9-7-13)19(27)29-12-17(25)24-20(28)22-15-4-2-3-5-15/h6-9,15-16H,2-5,10-12H2,1H3,(H,23,26)(H2,22,24,25,28). The molecule has 0 saturated heterocycles. The Kier molecular flexibility index (Phi) is 9.96. The van der Waals surface area contributed by atoms with Gasteiger partial charge in [-0.05, 0) is 55.5 Å². The van der Waals surface area contributed by atoms with Crippen molar-refractivity contribution in [1.82, 2.24) is 16.0 Å². The lowest BCUT2D eigenvalue weighted by Gasteiger charge is -2.17. The average Bonchev–Trinajstić information content (AvgIpc) is 3.22. The number of nitrogens with one attached hydrogen (secondary N) is 3. The molecule has 1 aliphatic carbocycles. The summed E-state index contributed by atoms with van der Waals surface area (Å²) in [4.78, 5) is 48.5. The number of thioether (sulfide) groups is 1. The molecule has 8 nitrogen and oxygen atoms in total. The minimum Gasteiger partial charge on any atom is -0.454 e. The molecule has 10 heteroatoms. The van der Waals surface area contributed by atoms with Crippen LogP contribution in [0.3, 0.4) is 0 Å². The van der Waals surface area contributed by atoms with Crippen molar-refractivity contribution in [2.24, 2.45) is 0 Å². The molecule has 1 aliphatic rings. The molecule has 1 unspecified atom stereocenters. The summed E-state index contributed by atoms with van der Waals surface area (Å²) in [6.07, 6.45) is 6.09. The molecular weight excluding hydrogens is 430 g/mol. The largest absolute Gasteiger partial charge is 0.454 e. The van der Waals surface area contributed by atoms with Gasteiger partial charge in [-0.1, -0.05) is 24.4 Å². The second-order valence-electron chi connectivity index (χ2n) is 6.93. The van der Waals surface area contributed by atoms with Gasteiger partial charge in [0.25, 0.3) is 11.8 Å². The van der Waals surface area contributed by atoms with Crippen molar-refractivity contribution >= 4 is 47.2 Å². The molecule has 3 N–H and O–H groups in total. The van der Waals surface area contributed by atoms with Crippen LogP contribution in [0, 0.1) is 0 Å². The number of imide groups is 1. The van der Waals surface area contributed by atoms with Crippen molar-refractivity contribution in [2.75, 3.05) is 18.6 Å². The van der Waals surface area contributed by atoms with E-state index >= 15 is 0 Å². The molecule has 1 atom stereocenters. The van der Waals surface area contributed by atoms with Crippen LogP contribution in [0.2, 0.25) is 5.02 Å². The van der Waals surface area contributed by atoms with E-state index < -0.39 is 36.5 Å². The van der Waals surface area contributed by atoms with E-state index in [9.17, 15) is 19.2 Å². The summed E-state index contributed by atoms with van der Waals surface area (Å²) in [6.45, 7) is -0.608. The summed E-state index contributed by atoms with van der Waals surface area (Å²) in [6, 6.07) is 4.80. The summed E-state index contributed by atoms with van der Waals surface area (Å²) >= 11 is 7.33. The summed E-state index contributed by atoms with van der Waals surface area (Å²) in [5.41, 5.74) is 0.350. The van der Waals surface area contributed by atoms with Crippen LogP contribution in [0.4, 0.5) is 4.79 Å². The van der Waals surface area contributed by atoms with Crippen LogP contribution in [0.15, 0.2) is 24.3 Å². The molecule has 30 heavy (non-hydrogen) atoms. The van der Waals surface area contributed by atoms with Gasteiger partial charge in [-0.15, -0.1) is 0 Å². The number of urea groups is 1. The minimum atomic E-state index is -0.916. The summed E-state index contributed by atoms with van der Waals surface area (Å²) in [7, 11) is 0. The van der Waals surface area contributed by atoms with E-state index in [0.29, 0.717) is 22.8 Å². The summed E-state index contributed by atoms with van der Waals surface area (Å²) in [5, 5.41) is 7.97. The molecule has 0 bridgehead atoms. The number of esters is 1. The Morgan fingerprint density at radius 3 is 2.47 bits per heavy atom. The Morgan fingerprint density at radius 2 is 1.83 bits per heavy atom. The highest BCUT2D eigenvalue weighted by molar-refractivity contribution is 7.98. The molecule has 0 aromatic heterocycles. The predicted octanol–water partition coefficient (Wildman–Crippen LogP) is 2.50. The molecule has 4 amide bonds. The molecule has 0 aliphatic heterocycles. The topological polar surface area (TPSA) is 114 Å².